The Bertz CT molecular complexity index is 891. The second-order valence-corrected chi connectivity index (χ2v) is 5.50. The molecule has 1 aromatic heterocycles. The predicted molar refractivity (Wildman–Crippen MR) is 95.8 cm³/mol. The standard InChI is InChI=1S/C19H17FN4O2/c1-14(26-18-9-7-16(20)8-10-18)19(25)23-21-11-15-12-22-24(13-15)17-5-3-2-4-6-17/h2-14H,1H3,(H,23,25)/b21-11-/t14-/m0/s1. The number of para-hydroxylation sites is 1. The molecule has 0 bridgehead atoms. The molecule has 0 spiro atoms. The van der Waals surface area contributed by atoms with Gasteiger partial charge < -0.3 is 4.74 Å². The Labute approximate surface area is 149 Å². The normalized spacial score (nSPS) is 12.1. The van der Waals surface area contributed by atoms with Crippen LogP contribution in [-0.4, -0.2) is 28.0 Å². The van der Waals surface area contributed by atoms with Crippen molar-refractivity contribution in [3.63, 3.8) is 0 Å². The fourth-order valence-corrected chi connectivity index (χ4v) is 2.16. The van der Waals surface area contributed by atoms with Crippen molar-refractivity contribution in [2.75, 3.05) is 0 Å². The SMILES string of the molecule is C[C@H](Oc1ccc(F)cc1)C(=O)N/N=C\c1cnn(-c2ccccc2)c1. The van der Waals surface area contributed by atoms with Gasteiger partial charge in [0.15, 0.2) is 6.10 Å². The summed E-state index contributed by atoms with van der Waals surface area (Å²) in [5.41, 5.74) is 4.07. The molecule has 0 unspecified atom stereocenters. The highest BCUT2D eigenvalue weighted by Crippen LogP contribution is 2.13. The summed E-state index contributed by atoms with van der Waals surface area (Å²) in [6.07, 6.45) is 4.16. The average molecular weight is 352 g/mol. The number of ether oxygens (including phenoxy) is 1. The van der Waals surface area contributed by atoms with Crippen LogP contribution in [-0.2, 0) is 4.79 Å². The lowest BCUT2D eigenvalue weighted by Gasteiger charge is -2.12. The third-order valence-corrected chi connectivity index (χ3v) is 3.51. The monoisotopic (exact) mass is 352 g/mol. The van der Waals surface area contributed by atoms with E-state index >= 15 is 0 Å². The topological polar surface area (TPSA) is 68.5 Å². The second kappa shape index (κ2) is 8.06. The van der Waals surface area contributed by atoms with Gasteiger partial charge in [-0.1, -0.05) is 18.2 Å². The van der Waals surface area contributed by atoms with Crippen molar-refractivity contribution in [3.8, 4) is 11.4 Å². The Morgan fingerprint density at radius 2 is 1.96 bits per heavy atom. The molecule has 1 N–H and O–H groups in total. The van der Waals surface area contributed by atoms with Crippen LogP contribution in [0.5, 0.6) is 5.75 Å². The Kier molecular flexibility index (Phi) is 5.38. The molecule has 1 amide bonds. The molecule has 1 atom stereocenters. The first-order valence-corrected chi connectivity index (χ1v) is 7.97. The highest BCUT2D eigenvalue weighted by atomic mass is 19.1. The van der Waals surface area contributed by atoms with E-state index in [0.717, 1.165) is 11.3 Å². The number of hydrogen-bond donors (Lipinski definition) is 1. The molecule has 3 rings (SSSR count). The highest BCUT2D eigenvalue weighted by molar-refractivity contribution is 5.84. The summed E-state index contributed by atoms with van der Waals surface area (Å²) in [4.78, 5) is 12.0. The lowest BCUT2D eigenvalue weighted by Crippen LogP contribution is -2.33. The van der Waals surface area contributed by atoms with Gasteiger partial charge in [-0.15, -0.1) is 0 Å². The van der Waals surface area contributed by atoms with Crippen molar-refractivity contribution in [1.82, 2.24) is 15.2 Å². The maximum Gasteiger partial charge on any atom is 0.280 e. The quantitative estimate of drug-likeness (QED) is 0.548. The Morgan fingerprint density at radius 1 is 1.23 bits per heavy atom. The largest absolute Gasteiger partial charge is 0.481 e. The molecule has 7 heteroatoms. The number of benzene rings is 2. The van der Waals surface area contributed by atoms with Crippen LogP contribution in [0.2, 0.25) is 0 Å². The van der Waals surface area contributed by atoms with Crippen molar-refractivity contribution >= 4 is 12.1 Å². The summed E-state index contributed by atoms with van der Waals surface area (Å²) in [5, 5.41) is 8.15. The highest BCUT2D eigenvalue weighted by Gasteiger charge is 2.13. The Hall–Kier alpha value is -3.48. The number of hydrogen-bond acceptors (Lipinski definition) is 4. The van der Waals surface area contributed by atoms with E-state index in [0.29, 0.717) is 5.75 Å². The number of halogens is 1. The maximum atomic E-state index is 12.9. The van der Waals surface area contributed by atoms with E-state index in [1.807, 2.05) is 30.3 Å². The number of carbonyl (C=O) groups excluding carboxylic acids is 1. The molecule has 0 aliphatic carbocycles. The summed E-state index contributed by atoms with van der Waals surface area (Å²) in [5.74, 6) is -0.377. The molecule has 26 heavy (non-hydrogen) atoms. The molecule has 132 valence electrons. The Morgan fingerprint density at radius 3 is 2.69 bits per heavy atom. The molecule has 0 saturated heterocycles. The van der Waals surface area contributed by atoms with E-state index in [2.05, 4.69) is 15.6 Å². The molecule has 3 aromatic rings. The molecule has 0 fully saturated rings. The first-order valence-electron chi connectivity index (χ1n) is 7.97. The second-order valence-electron chi connectivity index (χ2n) is 5.50. The number of hydrazone groups is 1. The molecule has 0 saturated carbocycles. The first-order chi connectivity index (χ1) is 12.6. The summed E-state index contributed by atoms with van der Waals surface area (Å²) in [7, 11) is 0. The van der Waals surface area contributed by atoms with Gasteiger partial charge in [0, 0.05) is 11.8 Å². The van der Waals surface area contributed by atoms with Gasteiger partial charge in [-0.3, -0.25) is 4.79 Å². The Balaban J connectivity index is 1.54. The van der Waals surface area contributed by atoms with Crippen LogP contribution < -0.4 is 10.2 Å². The minimum atomic E-state index is -0.773. The number of aromatic nitrogens is 2. The third kappa shape index (κ3) is 4.54. The molecule has 1 heterocycles. The van der Waals surface area contributed by atoms with Crippen molar-refractivity contribution < 1.29 is 13.9 Å². The summed E-state index contributed by atoms with van der Waals surface area (Å²) >= 11 is 0. The van der Waals surface area contributed by atoms with E-state index in [9.17, 15) is 9.18 Å². The third-order valence-electron chi connectivity index (χ3n) is 3.51. The number of rotatable bonds is 6. The number of nitrogens with one attached hydrogen (secondary N) is 1. The van der Waals surface area contributed by atoms with Crippen molar-refractivity contribution in [1.29, 1.82) is 0 Å². The molecular weight excluding hydrogens is 335 g/mol. The van der Waals surface area contributed by atoms with E-state index in [1.165, 1.54) is 30.5 Å². The van der Waals surface area contributed by atoms with Crippen LogP contribution in [0.4, 0.5) is 4.39 Å². The minimum Gasteiger partial charge on any atom is -0.481 e. The van der Waals surface area contributed by atoms with Crippen LogP contribution in [0, 0.1) is 5.82 Å². The van der Waals surface area contributed by atoms with E-state index in [-0.39, 0.29) is 5.82 Å². The van der Waals surface area contributed by atoms with Gasteiger partial charge in [0.25, 0.3) is 5.91 Å². The molecule has 6 nitrogen and oxygen atoms in total. The lowest BCUT2D eigenvalue weighted by atomic mass is 10.3. The van der Waals surface area contributed by atoms with Gasteiger partial charge in [-0.2, -0.15) is 10.2 Å². The average Bonchev–Trinajstić information content (AvgIpc) is 3.13. The van der Waals surface area contributed by atoms with E-state index in [1.54, 1.807) is 24.0 Å². The summed E-state index contributed by atoms with van der Waals surface area (Å²) in [6.45, 7) is 1.58. The predicted octanol–water partition coefficient (Wildman–Crippen LogP) is 2.93. The molecule has 2 aromatic carbocycles. The van der Waals surface area contributed by atoms with Crippen molar-refractivity contribution in [3.05, 3.63) is 78.4 Å². The van der Waals surface area contributed by atoms with Crippen LogP contribution in [0.1, 0.15) is 12.5 Å². The van der Waals surface area contributed by atoms with Gasteiger partial charge >= 0.3 is 0 Å². The van der Waals surface area contributed by atoms with Crippen LogP contribution in [0.15, 0.2) is 72.1 Å². The summed E-state index contributed by atoms with van der Waals surface area (Å²) < 4.78 is 20.0. The van der Waals surface area contributed by atoms with Gasteiger partial charge in [0.2, 0.25) is 0 Å². The van der Waals surface area contributed by atoms with E-state index < -0.39 is 12.0 Å². The summed E-state index contributed by atoms with van der Waals surface area (Å²) in [6, 6.07) is 15.1. The van der Waals surface area contributed by atoms with E-state index in [4.69, 9.17) is 4.74 Å². The zero-order valence-electron chi connectivity index (χ0n) is 14.0. The molecule has 0 radical (unpaired) electrons. The zero-order chi connectivity index (χ0) is 18.4. The smallest absolute Gasteiger partial charge is 0.280 e. The molecular formula is C19H17FN4O2. The zero-order valence-corrected chi connectivity index (χ0v) is 14.0. The maximum absolute atomic E-state index is 12.9. The van der Waals surface area contributed by atoms with Crippen LogP contribution >= 0.6 is 0 Å². The van der Waals surface area contributed by atoms with Crippen molar-refractivity contribution in [2.24, 2.45) is 5.10 Å². The number of amides is 1. The lowest BCUT2D eigenvalue weighted by molar-refractivity contribution is -0.127. The van der Waals surface area contributed by atoms with Crippen LogP contribution in [0.3, 0.4) is 0 Å². The first kappa shape index (κ1) is 17.3. The number of nitrogens with zero attached hydrogens (tertiary/aromatic N) is 3. The van der Waals surface area contributed by atoms with Crippen molar-refractivity contribution in [2.45, 2.75) is 13.0 Å². The van der Waals surface area contributed by atoms with Gasteiger partial charge in [-0.25, -0.2) is 14.5 Å². The van der Waals surface area contributed by atoms with Gasteiger partial charge in [0.05, 0.1) is 18.1 Å². The van der Waals surface area contributed by atoms with Gasteiger partial charge in [-0.05, 0) is 43.3 Å². The minimum absolute atomic E-state index is 0.366. The van der Waals surface area contributed by atoms with Gasteiger partial charge in [0.1, 0.15) is 11.6 Å². The van der Waals surface area contributed by atoms with Crippen LogP contribution in [0.25, 0.3) is 5.69 Å². The number of carbonyl (C=O) groups is 1. The molecule has 0 aliphatic rings. The fraction of sp³-hybridized carbons (Fsp3) is 0.105. The molecule has 0 aliphatic heterocycles. The fourth-order valence-electron chi connectivity index (χ4n) is 2.16.